The van der Waals surface area contributed by atoms with E-state index < -0.39 is 23.9 Å². The van der Waals surface area contributed by atoms with E-state index in [1.165, 1.54) is 0 Å². The van der Waals surface area contributed by atoms with E-state index in [0.717, 1.165) is 27.7 Å². The van der Waals surface area contributed by atoms with Crippen molar-refractivity contribution in [1.29, 1.82) is 0 Å². The van der Waals surface area contributed by atoms with Crippen LogP contribution in [0.4, 0.5) is 0 Å². The lowest BCUT2D eigenvalue weighted by atomic mass is 10.7. The van der Waals surface area contributed by atoms with Crippen molar-refractivity contribution < 1.29 is 67.0 Å². The van der Waals surface area contributed by atoms with Crippen molar-refractivity contribution >= 4 is 46.9 Å². The Bertz CT molecular complexity index is 201. The van der Waals surface area contributed by atoms with Gasteiger partial charge in [-0.05, 0) is 0 Å². The summed E-state index contributed by atoms with van der Waals surface area (Å²) in [5.74, 6) is -3.33. The minimum absolute atomic E-state index is 0. The molecule has 0 saturated carbocycles. The quantitative estimate of drug-likeness (QED) is 0.219. The summed E-state index contributed by atoms with van der Waals surface area (Å²) in [5.41, 5.74) is 9.81. The van der Waals surface area contributed by atoms with Crippen molar-refractivity contribution in [2.75, 3.05) is 13.1 Å². The van der Waals surface area contributed by atoms with Crippen LogP contribution in [0.25, 0.3) is 0 Å². The second-order valence-corrected chi connectivity index (χ2v) is 2.65. The third kappa shape index (κ3) is 25400. The van der Waals surface area contributed by atoms with Gasteiger partial charge in [0, 0.05) is 40.8 Å². The highest BCUT2D eigenvalue weighted by Gasteiger charge is 1.66. The normalized spacial score (nSPS) is 5.00. The van der Waals surface area contributed by atoms with E-state index in [4.69, 9.17) is 51.1 Å². The Morgan fingerprint density at radius 3 is 0.577 bits per heavy atom. The van der Waals surface area contributed by atoms with Gasteiger partial charge in [0.15, 0.2) is 0 Å². The Labute approximate surface area is 166 Å². The van der Waals surface area contributed by atoms with Crippen LogP contribution in [0.1, 0.15) is 27.7 Å². The highest BCUT2D eigenvalue weighted by molar-refractivity contribution is 5.75. The van der Waals surface area contributed by atoms with Crippen molar-refractivity contribution in [3.8, 4) is 0 Å². The molecule has 166 valence electrons. The zero-order chi connectivity index (χ0) is 17.7. The van der Waals surface area contributed by atoms with Crippen LogP contribution in [0, 0.1) is 0 Å². The fraction of sp³-hybridized carbons (Fsp3) is 0.600. The van der Waals surface area contributed by atoms with Gasteiger partial charge in [0.25, 0.3) is 23.9 Å². The largest absolute Gasteiger partial charge is 0.481 e. The van der Waals surface area contributed by atoms with Gasteiger partial charge in [-0.2, -0.15) is 0 Å². The van der Waals surface area contributed by atoms with Gasteiger partial charge >= 0.3 is 23.1 Å². The Morgan fingerprint density at radius 1 is 0.538 bits per heavy atom. The molecule has 15 nitrogen and oxygen atoms in total. The number of rotatable bonds is 1. The topological polar surface area (TPSA) is 359 Å². The minimum Gasteiger partial charge on any atom is -0.481 e. The molecule has 0 rings (SSSR count). The minimum atomic E-state index is -0.833. The van der Waals surface area contributed by atoms with E-state index in [0.29, 0.717) is 13.1 Å². The van der Waals surface area contributed by atoms with Gasteiger partial charge < -0.3 is 59.3 Å². The first-order chi connectivity index (χ1) is 8.84. The van der Waals surface area contributed by atoms with Gasteiger partial charge in [0.1, 0.15) is 0 Å². The number of carbonyl (C=O) groups is 4. The molecule has 0 aromatic carbocycles. The molecule has 0 fully saturated rings. The number of carboxylic acid groups (broad SMARTS) is 4. The number of hydrogen-bond donors (Lipinski definition) is 6. The maximum absolute atomic E-state index is 9.00. The molecule has 0 aliphatic heterocycles. The third-order valence-corrected chi connectivity index (χ3v) is 0.167. The first kappa shape index (κ1) is 74.5. The molecule has 0 spiro atoms. The van der Waals surface area contributed by atoms with Gasteiger partial charge in [-0.1, -0.05) is 0 Å². The second kappa shape index (κ2) is 76.4. The number of hydrogen-bond acceptors (Lipinski definition) is 6. The van der Waals surface area contributed by atoms with Crippen LogP contribution in [0.2, 0.25) is 0 Å². The van der Waals surface area contributed by atoms with Crippen LogP contribution < -0.4 is 11.5 Å². The standard InChI is InChI=1S/C2H8N2.4C2H4O2.Mg.5H2O.2H/c3-1-2-4;4*1-2(3)4;;;;;;;;/h1-4H2;4*1H3,(H,3,4);;5*1H2;;. The van der Waals surface area contributed by atoms with Gasteiger partial charge in [-0.25, -0.2) is 0 Å². The van der Waals surface area contributed by atoms with E-state index in [9.17, 15) is 0 Å². The first-order valence-electron chi connectivity index (χ1n) is 5.03. The molecule has 26 heavy (non-hydrogen) atoms. The van der Waals surface area contributed by atoms with E-state index in [-0.39, 0.29) is 50.4 Å². The molecule has 0 atom stereocenters. The first-order valence-corrected chi connectivity index (χ1v) is 5.03. The predicted molar refractivity (Wildman–Crippen MR) is 98.0 cm³/mol. The third-order valence-electron chi connectivity index (χ3n) is 0.167. The molecule has 0 radical (unpaired) electrons. The fourth-order valence-corrected chi connectivity index (χ4v) is 0. The monoisotopic (exact) mass is 416 g/mol. The van der Waals surface area contributed by atoms with Crippen molar-refractivity contribution in [1.82, 2.24) is 0 Å². The van der Waals surface area contributed by atoms with Crippen molar-refractivity contribution in [3.05, 3.63) is 0 Å². The summed E-state index contributed by atoms with van der Waals surface area (Å²) in [7, 11) is 0. The molecule has 0 saturated heterocycles. The molecule has 18 N–H and O–H groups in total. The Morgan fingerprint density at radius 2 is 0.577 bits per heavy atom. The van der Waals surface area contributed by atoms with Crippen LogP contribution in [0.3, 0.4) is 0 Å². The van der Waals surface area contributed by atoms with Crippen molar-refractivity contribution in [2.24, 2.45) is 11.5 Å². The zero-order valence-electron chi connectivity index (χ0n) is 14.5. The Hall–Kier alpha value is -1.63. The summed E-state index contributed by atoms with van der Waals surface area (Å²) in [5, 5.41) is 29.7. The summed E-state index contributed by atoms with van der Waals surface area (Å²) in [4.78, 5) is 36.0. The number of aliphatic carboxylic acids is 4. The predicted octanol–water partition coefficient (Wildman–Crippen LogP) is -5.77. The smallest absolute Gasteiger partial charge is 0.316 e. The highest BCUT2D eigenvalue weighted by Crippen LogP contribution is 1.43. The van der Waals surface area contributed by atoms with E-state index >= 15 is 0 Å². The van der Waals surface area contributed by atoms with Crippen LogP contribution >= 0.6 is 0 Å². The van der Waals surface area contributed by atoms with Gasteiger partial charge in [0.05, 0.1) is 0 Å². The van der Waals surface area contributed by atoms with E-state index in [1.807, 2.05) is 0 Å². The maximum atomic E-state index is 9.00. The SMILES string of the molecule is CC(=O)O.CC(=O)O.CC(=O)O.CC(=O)O.NCCN.O.O.O.O.O.[MgH2]. The Balaban J connectivity index is -0.0000000114. The summed E-state index contributed by atoms with van der Waals surface area (Å²) in [6, 6.07) is 0. The van der Waals surface area contributed by atoms with Crippen molar-refractivity contribution in [3.63, 3.8) is 0 Å². The lowest BCUT2D eigenvalue weighted by Gasteiger charge is -1.72. The molecule has 0 aliphatic carbocycles. The average Bonchev–Trinajstić information content (AvgIpc) is 2.13. The summed E-state index contributed by atoms with van der Waals surface area (Å²) in [6.45, 7) is 5.53. The lowest BCUT2D eigenvalue weighted by Crippen LogP contribution is -2.11. The van der Waals surface area contributed by atoms with Crippen molar-refractivity contribution in [2.45, 2.75) is 27.7 Å². The average molecular weight is 417 g/mol. The van der Waals surface area contributed by atoms with Crippen LogP contribution in [0.15, 0.2) is 0 Å². The highest BCUT2D eigenvalue weighted by atomic mass is 24.3. The maximum Gasteiger partial charge on any atom is 0.316 e. The van der Waals surface area contributed by atoms with E-state index in [2.05, 4.69) is 0 Å². The van der Waals surface area contributed by atoms with Crippen LogP contribution in [-0.2, 0) is 19.2 Å². The van der Waals surface area contributed by atoms with E-state index in [1.54, 1.807) is 0 Å². The van der Waals surface area contributed by atoms with Gasteiger partial charge in [-0.15, -0.1) is 0 Å². The fourth-order valence-electron chi connectivity index (χ4n) is 0. The molecule has 0 aliphatic rings. The summed E-state index contributed by atoms with van der Waals surface area (Å²) in [6.07, 6.45) is 0. The molecule has 16 heteroatoms. The van der Waals surface area contributed by atoms with Gasteiger partial charge in [-0.3, -0.25) is 19.2 Å². The van der Waals surface area contributed by atoms with Crippen LogP contribution in [-0.4, -0.2) is 108 Å². The molecule has 0 heterocycles. The number of nitrogens with two attached hydrogens (primary N) is 2. The summed E-state index contributed by atoms with van der Waals surface area (Å²) >= 11 is 0. The second-order valence-electron chi connectivity index (χ2n) is 2.65. The Kier molecular flexibility index (Phi) is 219. The van der Waals surface area contributed by atoms with Crippen LogP contribution in [0.5, 0.6) is 0 Å². The molecule has 0 aromatic heterocycles. The summed E-state index contributed by atoms with van der Waals surface area (Å²) < 4.78 is 0. The molecule has 0 unspecified atom stereocenters. The molecular formula is C10H36MgN2O13. The molecule has 0 aromatic rings. The molecular weight excluding hydrogens is 380 g/mol. The lowest BCUT2D eigenvalue weighted by molar-refractivity contribution is -0.135. The number of carboxylic acids is 4. The molecule has 0 bridgehead atoms. The molecule has 0 amide bonds. The van der Waals surface area contributed by atoms with Gasteiger partial charge in [0.2, 0.25) is 0 Å². The zero-order valence-corrected chi connectivity index (χ0v) is 14.5.